The molecule has 2 aromatic rings. The number of carbonyl (C=O) groups excluding carboxylic acids is 1. The van der Waals surface area contributed by atoms with E-state index in [0.29, 0.717) is 6.54 Å². The number of hydrogen-bond acceptors (Lipinski definition) is 4. The second-order valence-corrected chi connectivity index (χ2v) is 5.19. The van der Waals surface area contributed by atoms with E-state index in [1.165, 1.54) is 17.4 Å². The van der Waals surface area contributed by atoms with E-state index < -0.39 is 0 Å². The molecule has 104 valence electrons. The number of rotatable bonds is 6. The van der Waals surface area contributed by atoms with Crippen LogP contribution in [0.3, 0.4) is 0 Å². The standard InChI is InChI=1S/C15H16N2O2S/c18-10-13-8-14(20-11-13)3-4-15(19)17-7-5-12-2-1-6-16-9-12/h1-4,6,8-9,11,18H,5,7,10H2,(H,17,19). The highest BCUT2D eigenvalue weighted by molar-refractivity contribution is 7.11. The van der Waals surface area contributed by atoms with Crippen LogP contribution >= 0.6 is 11.3 Å². The lowest BCUT2D eigenvalue weighted by atomic mass is 10.2. The highest BCUT2D eigenvalue weighted by atomic mass is 32.1. The van der Waals surface area contributed by atoms with E-state index in [0.717, 1.165) is 22.4 Å². The molecule has 0 spiro atoms. The fourth-order valence-corrected chi connectivity index (χ4v) is 2.45. The zero-order chi connectivity index (χ0) is 14.2. The van der Waals surface area contributed by atoms with Gasteiger partial charge in [0.15, 0.2) is 0 Å². The summed E-state index contributed by atoms with van der Waals surface area (Å²) >= 11 is 1.50. The topological polar surface area (TPSA) is 62.2 Å². The Morgan fingerprint density at radius 1 is 1.45 bits per heavy atom. The van der Waals surface area contributed by atoms with Gasteiger partial charge in [-0.15, -0.1) is 11.3 Å². The van der Waals surface area contributed by atoms with E-state index in [-0.39, 0.29) is 12.5 Å². The number of nitrogens with zero attached hydrogens (tertiary/aromatic N) is 1. The third-order valence-corrected chi connectivity index (χ3v) is 3.64. The van der Waals surface area contributed by atoms with Crippen molar-refractivity contribution in [2.24, 2.45) is 0 Å². The molecule has 0 bridgehead atoms. The first-order valence-corrected chi connectivity index (χ1v) is 7.19. The van der Waals surface area contributed by atoms with Crippen LogP contribution in [-0.4, -0.2) is 22.5 Å². The summed E-state index contributed by atoms with van der Waals surface area (Å²) in [6.07, 6.45) is 7.55. The molecule has 0 unspecified atom stereocenters. The van der Waals surface area contributed by atoms with Crippen LogP contribution in [-0.2, 0) is 17.8 Å². The molecular formula is C15H16N2O2S. The molecule has 0 aliphatic rings. The van der Waals surface area contributed by atoms with E-state index in [1.54, 1.807) is 18.5 Å². The van der Waals surface area contributed by atoms with Crippen molar-refractivity contribution in [2.45, 2.75) is 13.0 Å². The van der Waals surface area contributed by atoms with Crippen molar-refractivity contribution < 1.29 is 9.90 Å². The van der Waals surface area contributed by atoms with Crippen LogP contribution in [0.15, 0.2) is 42.0 Å². The Labute approximate surface area is 121 Å². The Bertz CT molecular complexity index is 579. The van der Waals surface area contributed by atoms with Crippen molar-refractivity contribution in [3.05, 3.63) is 58.1 Å². The second kappa shape index (κ2) is 7.57. The monoisotopic (exact) mass is 288 g/mol. The SMILES string of the molecule is O=C(C=Cc1cc(CO)cs1)NCCc1cccnc1. The van der Waals surface area contributed by atoms with Crippen molar-refractivity contribution in [3.63, 3.8) is 0 Å². The van der Waals surface area contributed by atoms with Crippen molar-refractivity contribution in [1.82, 2.24) is 10.3 Å². The number of pyridine rings is 1. The Hall–Kier alpha value is -1.98. The fourth-order valence-electron chi connectivity index (χ4n) is 1.66. The van der Waals surface area contributed by atoms with Gasteiger partial charge in [-0.25, -0.2) is 0 Å². The van der Waals surface area contributed by atoms with Crippen LogP contribution in [0, 0.1) is 0 Å². The molecule has 0 fully saturated rings. The highest BCUT2D eigenvalue weighted by Gasteiger charge is 1.98. The number of aliphatic hydroxyl groups is 1. The molecule has 4 nitrogen and oxygen atoms in total. The van der Waals surface area contributed by atoms with Gasteiger partial charge in [0.25, 0.3) is 0 Å². The van der Waals surface area contributed by atoms with Gasteiger partial charge >= 0.3 is 0 Å². The zero-order valence-corrected chi connectivity index (χ0v) is 11.8. The maximum atomic E-state index is 11.6. The molecule has 0 radical (unpaired) electrons. The summed E-state index contributed by atoms with van der Waals surface area (Å²) in [7, 11) is 0. The summed E-state index contributed by atoms with van der Waals surface area (Å²) in [4.78, 5) is 16.6. The first kappa shape index (κ1) is 14.4. The van der Waals surface area contributed by atoms with Gasteiger partial charge in [0.05, 0.1) is 6.61 Å². The molecule has 0 aliphatic carbocycles. The van der Waals surface area contributed by atoms with E-state index in [2.05, 4.69) is 10.3 Å². The molecule has 0 atom stereocenters. The van der Waals surface area contributed by atoms with Crippen LogP contribution in [0.2, 0.25) is 0 Å². The summed E-state index contributed by atoms with van der Waals surface area (Å²) < 4.78 is 0. The van der Waals surface area contributed by atoms with E-state index in [4.69, 9.17) is 5.11 Å². The number of carbonyl (C=O) groups is 1. The first-order valence-electron chi connectivity index (χ1n) is 6.31. The van der Waals surface area contributed by atoms with Crippen molar-refractivity contribution in [3.8, 4) is 0 Å². The number of thiophene rings is 1. The minimum absolute atomic E-state index is 0.0294. The molecule has 0 aliphatic heterocycles. The minimum Gasteiger partial charge on any atom is -0.392 e. The average Bonchev–Trinajstić information content (AvgIpc) is 2.94. The van der Waals surface area contributed by atoms with Gasteiger partial charge in [-0.2, -0.15) is 0 Å². The third kappa shape index (κ3) is 4.60. The van der Waals surface area contributed by atoms with Gasteiger partial charge in [-0.3, -0.25) is 9.78 Å². The molecular weight excluding hydrogens is 272 g/mol. The Morgan fingerprint density at radius 2 is 2.35 bits per heavy atom. The number of amides is 1. The highest BCUT2D eigenvalue weighted by Crippen LogP contribution is 2.15. The van der Waals surface area contributed by atoms with Crippen molar-refractivity contribution in [2.75, 3.05) is 6.54 Å². The predicted octanol–water partition coefficient (Wildman–Crippen LogP) is 2.01. The fraction of sp³-hybridized carbons (Fsp3) is 0.200. The number of nitrogens with one attached hydrogen (secondary N) is 1. The molecule has 5 heteroatoms. The Kier molecular flexibility index (Phi) is 5.46. The lowest BCUT2D eigenvalue weighted by molar-refractivity contribution is -0.116. The van der Waals surface area contributed by atoms with Gasteiger partial charge < -0.3 is 10.4 Å². The predicted molar refractivity (Wildman–Crippen MR) is 80.2 cm³/mol. The molecule has 0 saturated carbocycles. The van der Waals surface area contributed by atoms with Crippen LogP contribution in [0.1, 0.15) is 16.0 Å². The van der Waals surface area contributed by atoms with Gasteiger partial charge in [0.1, 0.15) is 0 Å². The zero-order valence-electron chi connectivity index (χ0n) is 11.0. The lowest BCUT2D eigenvalue weighted by Crippen LogP contribution is -2.23. The largest absolute Gasteiger partial charge is 0.392 e. The Balaban J connectivity index is 1.75. The van der Waals surface area contributed by atoms with Crippen molar-refractivity contribution >= 4 is 23.3 Å². The van der Waals surface area contributed by atoms with Gasteiger partial charge in [-0.1, -0.05) is 6.07 Å². The molecule has 2 heterocycles. The lowest BCUT2D eigenvalue weighted by Gasteiger charge is -2.01. The van der Waals surface area contributed by atoms with E-state index >= 15 is 0 Å². The van der Waals surface area contributed by atoms with Crippen LogP contribution in [0.25, 0.3) is 6.08 Å². The number of aromatic nitrogens is 1. The molecule has 2 rings (SSSR count). The molecule has 0 aromatic carbocycles. The number of aliphatic hydroxyl groups excluding tert-OH is 1. The summed E-state index contributed by atoms with van der Waals surface area (Å²) in [6, 6.07) is 5.73. The summed E-state index contributed by atoms with van der Waals surface area (Å²) in [5, 5.41) is 13.6. The van der Waals surface area contributed by atoms with Crippen LogP contribution in [0.4, 0.5) is 0 Å². The quantitative estimate of drug-likeness (QED) is 0.799. The maximum absolute atomic E-state index is 11.6. The second-order valence-electron chi connectivity index (χ2n) is 4.25. The molecule has 2 N–H and O–H groups in total. The van der Waals surface area contributed by atoms with Crippen LogP contribution < -0.4 is 5.32 Å². The maximum Gasteiger partial charge on any atom is 0.244 e. The van der Waals surface area contributed by atoms with E-state index in [9.17, 15) is 4.79 Å². The normalized spacial score (nSPS) is 10.8. The molecule has 20 heavy (non-hydrogen) atoms. The average molecular weight is 288 g/mol. The smallest absolute Gasteiger partial charge is 0.244 e. The minimum atomic E-state index is -0.118. The van der Waals surface area contributed by atoms with Gasteiger partial charge in [0.2, 0.25) is 5.91 Å². The number of hydrogen-bond donors (Lipinski definition) is 2. The summed E-state index contributed by atoms with van der Waals surface area (Å²) in [5.74, 6) is -0.118. The third-order valence-electron chi connectivity index (χ3n) is 2.69. The molecule has 0 saturated heterocycles. The van der Waals surface area contributed by atoms with E-state index in [1.807, 2.05) is 23.6 Å². The Morgan fingerprint density at radius 3 is 3.05 bits per heavy atom. The van der Waals surface area contributed by atoms with Gasteiger partial charge in [0, 0.05) is 29.9 Å². The van der Waals surface area contributed by atoms with Crippen LogP contribution in [0.5, 0.6) is 0 Å². The van der Waals surface area contributed by atoms with Crippen molar-refractivity contribution in [1.29, 1.82) is 0 Å². The van der Waals surface area contributed by atoms with Gasteiger partial charge in [-0.05, 0) is 41.1 Å². The summed E-state index contributed by atoms with van der Waals surface area (Å²) in [6.45, 7) is 0.614. The first-order chi connectivity index (χ1) is 9.78. The summed E-state index contributed by atoms with van der Waals surface area (Å²) in [5.41, 5.74) is 1.97. The molecule has 1 amide bonds. The molecule has 2 aromatic heterocycles.